The van der Waals surface area contributed by atoms with Gasteiger partial charge in [0.05, 0.1) is 11.3 Å². The lowest BCUT2D eigenvalue weighted by molar-refractivity contribution is -0.385. The fourth-order valence-electron chi connectivity index (χ4n) is 2.22. The summed E-state index contributed by atoms with van der Waals surface area (Å²) in [5.74, 6) is -0.677. The quantitative estimate of drug-likeness (QED) is 0.546. The summed E-state index contributed by atoms with van der Waals surface area (Å²) in [7, 11) is 0. The highest BCUT2D eigenvalue weighted by Crippen LogP contribution is 2.35. The molecule has 0 saturated heterocycles. The predicted molar refractivity (Wildman–Crippen MR) is 57.0 cm³/mol. The Kier molecular flexibility index (Phi) is 2.04. The molecule has 1 aromatic rings. The first-order valence-electron chi connectivity index (χ1n) is 5.31. The van der Waals surface area contributed by atoms with Crippen molar-refractivity contribution in [1.82, 2.24) is 4.98 Å². The van der Waals surface area contributed by atoms with Crippen LogP contribution in [-0.2, 0) is 22.3 Å². The normalized spacial score (nSPS) is 19.5. The molecular weight excluding hydrogens is 224 g/mol. The average molecular weight is 234 g/mol. The minimum absolute atomic E-state index is 0.00626. The van der Waals surface area contributed by atoms with Gasteiger partial charge < -0.3 is 9.47 Å². The first-order chi connectivity index (χ1) is 8.19. The number of ether oxygens (including phenoxy) is 2. The van der Waals surface area contributed by atoms with Crippen LogP contribution >= 0.6 is 0 Å². The first kappa shape index (κ1) is 10.1. The molecule has 6 nitrogen and oxygen atoms in total. The number of hydrogen-bond acceptors (Lipinski definition) is 5. The SMILES string of the molecule is O=[N+]([O-])c1cnc2c(c1)CC1(CC2)OC=CO1. The Hall–Kier alpha value is -2.11. The largest absolute Gasteiger partial charge is 0.456 e. The molecule has 0 saturated carbocycles. The van der Waals surface area contributed by atoms with E-state index in [1.54, 1.807) is 6.07 Å². The molecule has 6 heteroatoms. The van der Waals surface area contributed by atoms with Gasteiger partial charge in [0.25, 0.3) is 11.5 Å². The minimum Gasteiger partial charge on any atom is -0.456 e. The fraction of sp³-hybridized carbons (Fsp3) is 0.364. The number of aryl methyl sites for hydroxylation is 1. The van der Waals surface area contributed by atoms with Crippen LogP contribution in [0.1, 0.15) is 17.7 Å². The summed E-state index contributed by atoms with van der Waals surface area (Å²) in [6.07, 6.45) is 6.22. The second kappa shape index (κ2) is 3.44. The number of pyridine rings is 1. The molecule has 88 valence electrons. The van der Waals surface area contributed by atoms with Crippen LogP contribution in [0.5, 0.6) is 0 Å². The Morgan fingerprint density at radius 2 is 2.18 bits per heavy atom. The maximum atomic E-state index is 10.7. The second-order valence-corrected chi connectivity index (χ2v) is 4.15. The van der Waals surface area contributed by atoms with E-state index in [1.807, 2.05) is 0 Å². The van der Waals surface area contributed by atoms with E-state index in [9.17, 15) is 10.1 Å². The summed E-state index contributed by atoms with van der Waals surface area (Å²) in [6, 6.07) is 1.55. The third-order valence-corrected chi connectivity index (χ3v) is 3.08. The van der Waals surface area contributed by atoms with Gasteiger partial charge in [0, 0.05) is 18.2 Å². The molecule has 17 heavy (non-hydrogen) atoms. The van der Waals surface area contributed by atoms with E-state index in [1.165, 1.54) is 18.7 Å². The number of hydrogen-bond donors (Lipinski definition) is 0. The molecule has 1 aliphatic heterocycles. The maximum Gasteiger partial charge on any atom is 0.287 e. The van der Waals surface area contributed by atoms with E-state index in [2.05, 4.69) is 4.98 Å². The van der Waals surface area contributed by atoms with Crippen molar-refractivity contribution in [3.8, 4) is 0 Å². The summed E-state index contributed by atoms with van der Waals surface area (Å²) in [5.41, 5.74) is 1.72. The zero-order valence-electron chi connectivity index (χ0n) is 8.96. The standard InChI is InChI=1S/C11H10N2O4/c14-13(15)9-5-8-6-11(16-3-4-17-11)2-1-10(8)12-7-9/h3-5,7H,1-2,6H2. The van der Waals surface area contributed by atoms with Gasteiger partial charge in [-0.1, -0.05) is 0 Å². The highest BCUT2D eigenvalue weighted by Gasteiger charge is 2.40. The molecule has 2 aliphatic rings. The van der Waals surface area contributed by atoms with Crippen LogP contribution in [0.15, 0.2) is 24.8 Å². The molecule has 0 unspecified atom stereocenters. The van der Waals surface area contributed by atoms with E-state index in [0.29, 0.717) is 19.3 Å². The van der Waals surface area contributed by atoms with Crippen LogP contribution in [-0.4, -0.2) is 15.7 Å². The third kappa shape index (κ3) is 1.61. The smallest absolute Gasteiger partial charge is 0.287 e. The summed E-state index contributed by atoms with van der Waals surface area (Å²) in [4.78, 5) is 14.4. The number of nitrogens with zero attached hydrogens (tertiary/aromatic N) is 2. The Morgan fingerprint density at radius 3 is 2.88 bits per heavy atom. The summed E-state index contributed by atoms with van der Waals surface area (Å²) < 4.78 is 10.9. The van der Waals surface area contributed by atoms with Crippen molar-refractivity contribution in [3.63, 3.8) is 0 Å². The summed E-state index contributed by atoms with van der Waals surface area (Å²) in [6.45, 7) is 0. The average Bonchev–Trinajstić information content (AvgIpc) is 2.76. The minimum atomic E-state index is -0.677. The van der Waals surface area contributed by atoms with Crippen LogP contribution in [0.25, 0.3) is 0 Å². The Morgan fingerprint density at radius 1 is 1.41 bits per heavy atom. The predicted octanol–water partition coefficient (Wildman–Crippen LogP) is 1.69. The Labute approximate surface area is 97.0 Å². The molecule has 0 bridgehead atoms. The molecule has 1 spiro atoms. The molecule has 3 rings (SSSR count). The molecule has 1 aromatic heterocycles. The zero-order chi connectivity index (χ0) is 11.9. The molecule has 1 aliphatic carbocycles. The Balaban J connectivity index is 1.94. The molecule has 0 N–H and O–H groups in total. The molecule has 0 aromatic carbocycles. The van der Waals surface area contributed by atoms with Crippen molar-refractivity contribution < 1.29 is 14.4 Å². The van der Waals surface area contributed by atoms with Gasteiger partial charge in [-0.05, 0) is 12.0 Å². The van der Waals surface area contributed by atoms with Crippen LogP contribution in [0.3, 0.4) is 0 Å². The molecule has 0 atom stereocenters. The number of fused-ring (bicyclic) bond motifs is 1. The van der Waals surface area contributed by atoms with Gasteiger partial charge in [-0.15, -0.1) is 0 Å². The molecular formula is C11H10N2O4. The van der Waals surface area contributed by atoms with E-state index < -0.39 is 10.7 Å². The van der Waals surface area contributed by atoms with Crippen molar-refractivity contribution in [1.29, 1.82) is 0 Å². The van der Waals surface area contributed by atoms with E-state index in [-0.39, 0.29) is 5.69 Å². The van der Waals surface area contributed by atoms with Gasteiger partial charge in [0.1, 0.15) is 18.7 Å². The topological polar surface area (TPSA) is 74.5 Å². The summed E-state index contributed by atoms with van der Waals surface area (Å²) >= 11 is 0. The van der Waals surface area contributed by atoms with Gasteiger partial charge >= 0.3 is 0 Å². The van der Waals surface area contributed by atoms with Crippen LogP contribution in [0.4, 0.5) is 5.69 Å². The Bertz CT molecular complexity index is 504. The fourth-order valence-corrected chi connectivity index (χ4v) is 2.22. The third-order valence-electron chi connectivity index (χ3n) is 3.08. The highest BCUT2D eigenvalue weighted by molar-refractivity contribution is 5.36. The molecule has 0 fully saturated rings. The van der Waals surface area contributed by atoms with E-state index in [0.717, 1.165) is 11.3 Å². The lowest BCUT2D eigenvalue weighted by atomic mass is 9.90. The number of rotatable bonds is 1. The monoisotopic (exact) mass is 234 g/mol. The van der Waals surface area contributed by atoms with E-state index >= 15 is 0 Å². The van der Waals surface area contributed by atoms with Crippen molar-refractivity contribution in [2.75, 3.05) is 0 Å². The van der Waals surface area contributed by atoms with Gasteiger partial charge in [-0.2, -0.15) is 0 Å². The molecule has 0 amide bonds. The van der Waals surface area contributed by atoms with E-state index in [4.69, 9.17) is 9.47 Å². The number of aromatic nitrogens is 1. The molecule has 0 radical (unpaired) electrons. The van der Waals surface area contributed by atoms with Crippen LogP contribution < -0.4 is 0 Å². The van der Waals surface area contributed by atoms with Crippen molar-refractivity contribution >= 4 is 5.69 Å². The van der Waals surface area contributed by atoms with Gasteiger partial charge in [0.15, 0.2) is 0 Å². The summed E-state index contributed by atoms with van der Waals surface area (Å²) in [5, 5.41) is 10.7. The van der Waals surface area contributed by atoms with Gasteiger partial charge in [-0.3, -0.25) is 15.1 Å². The van der Waals surface area contributed by atoms with Crippen LogP contribution in [0, 0.1) is 10.1 Å². The second-order valence-electron chi connectivity index (χ2n) is 4.15. The molecule has 2 heterocycles. The van der Waals surface area contributed by atoms with Crippen LogP contribution in [0.2, 0.25) is 0 Å². The number of nitro groups is 1. The first-order valence-corrected chi connectivity index (χ1v) is 5.31. The lowest BCUT2D eigenvalue weighted by Crippen LogP contribution is -2.37. The highest BCUT2D eigenvalue weighted by atomic mass is 16.7. The lowest BCUT2D eigenvalue weighted by Gasteiger charge is -2.31. The van der Waals surface area contributed by atoms with Crippen molar-refractivity contribution in [3.05, 3.63) is 46.2 Å². The van der Waals surface area contributed by atoms with Crippen molar-refractivity contribution in [2.24, 2.45) is 0 Å². The van der Waals surface area contributed by atoms with Gasteiger partial charge in [0.2, 0.25) is 0 Å². The zero-order valence-corrected chi connectivity index (χ0v) is 8.96. The van der Waals surface area contributed by atoms with Gasteiger partial charge in [-0.25, -0.2) is 0 Å². The van der Waals surface area contributed by atoms with Crippen molar-refractivity contribution in [2.45, 2.75) is 25.0 Å². The maximum absolute atomic E-state index is 10.7.